The number of ether oxygens (including phenoxy) is 2. The molecule has 0 aliphatic heterocycles. The van der Waals surface area contributed by atoms with Gasteiger partial charge in [0.05, 0.1) is 6.61 Å². The van der Waals surface area contributed by atoms with Gasteiger partial charge in [0.25, 0.3) is 0 Å². The van der Waals surface area contributed by atoms with E-state index in [9.17, 15) is 18.0 Å². The van der Waals surface area contributed by atoms with Crippen molar-refractivity contribution in [3.05, 3.63) is 59.7 Å². The van der Waals surface area contributed by atoms with Crippen molar-refractivity contribution in [3.63, 3.8) is 0 Å². The fraction of sp³-hybridized carbons (Fsp3) is 0.188. The van der Waals surface area contributed by atoms with Crippen molar-refractivity contribution < 1.29 is 27.4 Å². The first-order valence-electron chi connectivity index (χ1n) is 6.52. The molecule has 0 radical (unpaired) electrons. The average molecular weight is 310 g/mol. The maximum absolute atomic E-state index is 12.2. The highest BCUT2D eigenvalue weighted by Crippen LogP contribution is 2.23. The van der Waals surface area contributed by atoms with Crippen molar-refractivity contribution in [2.45, 2.75) is 13.3 Å². The molecule has 0 saturated carbocycles. The monoisotopic (exact) mass is 310 g/mol. The summed E-state index contributed by atoms with van der Waals surface area (Å²) in [5.41, 5.74) is 0.701. The Balaban J connectivity index is 2.12. The first-order chi connectivity index (χ1) is 10.4. The van der Waals surface area contributed by atoms with E-state index in [1.54, 1.807) is 24.3 Å². The molecular formula is C16H13F3O3. The van der Waals surface area contributed by atoms with Gasteiger partial charge in [-0.3, -0.25) is 4.79 Å². The fourth-order valence-electron chi connectivity index (χ4n) is 1.84. The number of carbonyl (C=O) groups is 1. The number of rotatable bonds is 5. The van der Waals surface area contributed by atoms with Crippen molar-refractivity contribution in [1.29, 1.82) is 0 Å². The molecule has 0 fully saturated rings. The van der Waals surface area contributed by atoms with Gasteiger partial charge in [-0.05, 0) is 55.5 Å². The van der Waals surface area contributed by atoms with E-state index < -0.39 is 6.36 Å². The maximum atomic E-state index is 12.2. The second-order valence-corrected chi connectivity index (χ2v) is 4.36. The van der Waals surface area contributed by atoms with Gasteiger partial charge in [-0.25, -0.2) is 0 Å². The molecule has 0 aromatic heterocycles. The highest BCUT2D eigenvalue weighted by Gasteiger charge is 2.31. The highest BCUT2D eigenvalue weighted by atomic mass is 19.4. The zero-order chi connectivity index (χ0) is 16.2. The van der Waals surface area contributed by atoms with Gasteiger partial charge in [-0.1, -0.05) is 0 Å². The Hall–Kier alpha value is -2.50. The minimum Gasteiger partial charge on any atom is -0.494 e. The molecule has 0 unspecified atom stereocenters. The van der Waals surface area contributed by atoms with E-state index >= 15 is 0 Å². The number of carbonyl (C=O) groups excluding carboxylic acids is 1. The van der Waals surface area contributed by atoms with E-state index in [1.807, 2.05) is 6.92 Å². The molecule has 0 N–H and O–H groups in total. The minimum absolute atomic E-state index is 0.277. The van der Waals surface area contributed by atoms with Gasteiger partial charge in [0.1, 0.15) is 11.5 Å². The Kier molecular flexibility index (Phi) is 4.70. The molecular weight excluding hydrogens is 297 g/mol. The second kappa shape index (κ2) is 6.51. The third-order valence-corrected chi connectivity index (χ3v) is 2.78. The Bertz CT molecular complexity index is 631. The fourth-order valence-corrected chi connectivity index (χ4v) is 1.84. The summed E-state index contributed by atoms with van der Waals surface area (Å²) in [7, 11) is 0. The topological polar surface area (TPSA) is 35.5 Å². The molecule has 22 heavy (non-hydrogen) atoms. The standard InChI is InChI=1S/C16H13F3O3/c1-2-21-13-7-3-11(4-8-13)15(20)12-5-9-14(10-6-12)22-16(17,18)19/h3-10H,2H2,1H3. The summed E-state index contributed by atoms with van der Waals surface area (Å²) in [6.07, 6.45) is -4.75. The lowest BCUT2D eigenvalue weighted by Gasteiger charge is -2.09. The first kappa shape index (κ1) is 15.9. The zero-order valence-electron chi connectivity index (χ0n) is 11.7. The van der Waals surface area contributed by atoms with Crippen LogP contribution in [-0.2, 0) is 0 Å². The third kappa shape index (κ3) is 4.25. The molecule has 2 aromatic carbocycles. The zero-order valence-corrected chi connectivity index (χ0v) is 11.7. The van der Waals surface area contributed by atoms with Crippen LogP contribution in [0.4, 0.5) is 13.2 Å². The number of hydrogen-bond donors (Lipinski definition) is 0. The van der Waals surface area contributed by atoms with E-state index in [2.05, 4.69) is 4.74 Å². The summed E-state index contributed by atoms with van der Waals surface area (Å²) in [4.78, 5) is 12.2. The largest absolute Gasteiger partial charge is 0.573 e. The predicted octanol–water partition coefficient (Wildman–Crippen LogP) is 4.21. The summed E-state index contributed by atoms with van der Waals surface area (Å²) in [6, 6.07) is 11.3. The third-order valence-electron chi connectivity index (χ3n) is 2.78. The van der Waals surface area contributed by atoms with Crippen molar-refractivity contribution in [3.8, 4) is 11.5 Å². The van der Waals surface area contributed by atoms with Gasteiger partial charge < -0.3 is 9.47 Å². The molecule has 116 valence electrons. The van der Waals surface area contributed by atoms with E-state index in [-0.39, 0.29) is 17.1 Å². The predicted molar refractivity (Wildman–Crippen MR) is 74.2 cm³/mol. The van der Waals surface area contributed by atoms with Crippen LogP contribution < -0.4 is 9.47 Å². The van der Waals surface area contributed by atoms with Crippen LogP contribution in [0.3, 0.4) is 0 Å². The summed E-state index contributed by atoms with van der Waals surface area (Å²) in [5, 5.41) is 0. The molecule has 0 bridgehead atoms. The summed E-state index contributed by atoms with van der Waals surface area (Å²) >= 11 is 0. The van der Waals surface area contributed by atoms with E-state index in [0.29, 0.717) is 17.9 Å². The number of hydrogen-bond acceptors (Lipinski definition) is 3. The average Bonchev–Trinajstić information content (AvgIpc) is 2.47. The summed E-state index contributed by atoms with van der Waals surface area (Å²) < 4.78 is 45.2. The van der Waals surface area contributed by atoms with Crippen LogP contribution in [0, 0.1) is 0 Å². The highest BCUT2D eigenvalue weighted by molar-refractivity contribution is 6.09. The molecule has 0 aliphatic rings. The molecule has 0 atom stereocenters. The molecule has 0 amide bonds. The molecule has 2 rings (SSSR count). The molecule has 0 aliphatic carbocycles. The lowest BCUT2D eigenvalue weighted by atomic mass is 10.0. The quantitative estimate of drug-likeness (QED) is 0.776. The van der Waals surface area contributed by atoms with E-state index in [0.717, 1.165) is 12.1 Å². The summed E-state index contributed by atoms with van der Waals surface area (Å²) in [6.45, 7) is 2.37. The molecule has 0 heterocycles. The Labute approximate surface area is 125 Å². The molecule has 0 spiro atoms. The number of ketones is 1. The Morgan fingerprint density at radius 2 is 1.36 bits per heavy atom. The van der Waals surface area contributed by atoms with Crippen molar-refractivity contribution in [2.75, 3.05) is 6.61 Å². The Morgan fingerprint density at radius 1 is 0.909 bits per heavy atom. The molecule has 3 nitrogen and oxygen atoms in total. The number of halogens is 3. The van der Waals surface area contributed by atoms with Gasteiger partial charge in [0.2, 0.25) is 0 Å². The van der Waals surface area contributed by atoms with Gasteiger partial charge in [0.15, 0.2) is 5.78 Å². The van der Waals surface area contributed by atoms with Gasteiger partial charge in [0, 0.05) is 11.1 Å². The normalized spacial score (nSPS) is 11.1. The summed E-state index contributed by atoms with van der Waals surface area (Å²) in [5.74, 6) is -0.00896. The van der Waals surface area contributed by atoms with Crippen LogP contribution in [0.2, 0.25) is 0 Å². The molecule has 2 aromatic rings. The lowest BCUT2D eigenvalue weighted by molar-refractivity contribution is -0.274. The Morgan fingerprint density at radius 3 is 1.77 bits per heavy atom. The minimum atomic E-state index is -4.75. The second-order valence-electron chi connectivity index (χ2n) is 4.36. The molecule has 0 saturated heterocycles. The van der Waals surface area contributed by atoms with Crippen LogP contribution in [0.1, 0.15) is 22.8 Å². The van der Waals surface area contributed by atoms with Crippen LogP contribution in [0.15, 0.2) is 48.5 Å². The van der Waals surface area contributed by atoms with Gasteiger partial charge in [-0.2, -0.15) is 0 Å². The number of benzene rings is 2. The van der Waals surface area contributed by atoms with Crippen LogP contribution in [-0.4, -0.2) is 18.8 Å². The van der Waals surface area contributed by atoms with Gasteiger partial charge in [-0.15, -0.1) is 13.2 Å². The first-order valence-corrected chi connectivity index (χ1v) is 6.52. The van der Waals surface area contributed by atoms with Crippen LogP contribution in [0.5, 0.6) is 11.5 Å². The van der Waals surface area contributed by atoms with Crippen LogP contribution in [0.25, 0.3) is 0 Å². The maximum Gasteiger partial charge on any atom is 0.573 e. The smallest absolute Gasteiger partial charge is 0.494 e. The van der Waals surface area contributed by atoms with Crippen molar-refractivity contribution >= 4 is 5.78 Å². The number of alkyl halides is 3. The van der Waals surface area contributed by atoms with Crippen molar-refractivity contribution in [2.24, 2.45) is 0 Å². The van der Waals surface area contributed by atoms with E-state index in [4.69, 9.17) is 4.74 Å². The van der Waals surface area contributed by atoms with Crippen molar-refractivity contribution in [1.82, 2.24) is 0 Å². The van der Waals surface area contributed by atoms with Crippen LogP contribution >= 0.6 is 0 Å². The van der Waals surface area contributed by atoms with E-state index in [1.165, 1.54) is 12.1 Å². The lowest BCUT2D eigenvalue weighted by Crippen LogP contribution is -2.17. The van der Waals surface area contributed by atoms with Gasteiger partial charge >= 0.3 is 6.36 Å². The SMILES string of the molecule is CCOc1ccc(C(=O)c2ccc(OC(F)(F)F)cc2)cc1. The molecule has 6 heteroatoms.